The summed E-state index contributed by atoms with van der Waals surface area (Å²) >= 11 is 0. The molecule has 0 aromatic heterocycles. The predicted octanol–water partition coefficient (Wildman–Crippen LogP) is 2.88. The smallest absolute Gasteiger partial charge is 0.406 e. The molecular formula is C14H21NO2. The first-order chi connectivity index (χ1) is 7.99. The lowest BCUT2D eigenvalue weighted by atomic mass is 9.84. The number of aryl methyl sites for hydroxylation is 1. The molecule has 0 saturated carbocycles. The van der Waals surface area contributed by atoms with Gasteiger partial charge in [0, 0.05) is 12.0 Å². The highest BCUT2D eigenvalue weighted by Crippen LogP contribution is 2.22. The van der Waals surface area contributed by atoms with Gasteiger partial charge >= 0.3 is 6.09 Å². The number of amides is 1. The molecular weight excluding hydrogens is 214 g/mol. The summed E-state index contributed by atoms with van der Waals surface area (Å²) in [5, 5.41) is 2.74. The quantitative estimate of drug-likeness (QED) is 0.871. The van der Waals surface area contributed by atoms with Crippen LogP contribution in [0, 0.1) is 0 Å². The van der Waals surface area contributed by atoms with Crippen molar-refractivity contribution < 1.29 is 9.53 Å². The number of benzene rings is 1. The first-order valence-corrected chi connectivity index (χ1v) is 5.91. The molecule has 0 fully saturated rings. The minimum absolute atomic E-state index is 0.0968. The number of carbonyl (C=O) groups excluding carboxylic acids is 1. The van der Waals surface area contributed by atoms with Crippen molar-refractivity contribution in [3.8, 4) is 0 Å². The first-order valence-electron chi connectivity index (χ1n) is 5.91. The molecule has 0 aliphatic heterocycles. The number of rotatable bonds is 4. The fourth-order valence-electron chi connectivity index (χ4n) is 1.66. The van der Waals surface area contributed by atoms with Crippen LogP contribution < -0.4 is 5.32 Å². The fraction of sp³-hybridized carbons (Fsp3) is 0.500. The Morgan fingerprint density at radius 1 is 1.29 bits per heavy atom. The summed E-state index contributed by atoms with van der Waals surface area (Å²) < 4.78 is 4.57. The van der Waals surface area contributed by atoms with Gasteiger partial charge in [-0.15, -0.1) is 0 Å². The summed E-state index contributed by atoms with van der Waals surface area (Å²) in [7, 11) is 1.37. The summed E-state index contributed by atoms with van der Waals surface area (Å²) in [6.45, 7) is 6.90. The molecule has 1 rings (SSSR count). The van der Waals surface area contributed by atoms with Gasteiger partial charge in [0.2, 0.25) is 0 Å². The Bertz CT molecular complexity index is 368. The van der Waals surface area contributed by atoms with Gasteiger partial charge in [0.25, 0.3) is 0 Å². The highest BCUT2D eigenvalue weighted by Gasteiger charge is 2.21. The van der Waals surface area contributed by atoms with Gasteiger partial charge in [-0.05, 0) is 17.5 Å². The van der Waals surface area contributed by atoms with Crippen molar-refractivity contribution in [1.29, 1.82) is 0 Å². The summed E-state index contributed by atoms with van der Waals surface area (Å²) in [6, 6.07) is 8.51. The van der Waals surface area contributed by atoms with Gasteiger partial charge in [0.15, 0.2) is 0 Å². The van der Waals surface area contributed by atoms with Crippen molar-refractivity contribution in [3.63, 3.8) is 0 Å². The Morgan fingerprint density at radius 3 is 2.35 bits per heavy atom. The monoisotopic (exact) mass is 235 g/mol. The van der Waals surface area contributed by atoms with E-state index in [1.54, 1.807) is 0 Å². The molecule has 0 heterocycles. The third-order valence-corrected chi connectivity index (χ3v) is 3.00. The average molecular weight is 235 g/mol. The van der Waals surface area contributed by atoms with Crippen LogP contribution in [0.15, 0.2) is 24.3 Å². The molecule has 1 aromatic rings. The molecule has 3 heteroatoms. The normalized spacial score (nSPS) is 11.1. The summed E-state index contributed by atoms with van der Waals surface area (Å²) in [5.41, 5.74) is 2.44. The maximum absolute atomic E-state index is 11.1. The van der Waals surface area contributed by atoms with Crippen LogP contribution >= 0.6 is 0 Å². The van der Waals surface area contributed by atoms with E-state index in [4.69, 9.17) is 0 Å². The van der Waals surface area contributed by atoms with Crippen molar-refractivity contribution in [1.82, 2.24) is 5.32 Å². The van der Waals surface area contributed by atoms with Crippen molar-refractivity contribution in [2.75, 3.05) is 13.7 Å². The molecule has 17 heavy (non-hydrogen) atoms. The molecule has 0 unspecified atom stereocenters. The minimum Gasteiger partial charge on any atom is -0.453 e. The van der Waals surface area contributed by atoms with E-state index >= 15 is 0 Å². The SMILES string of the molecule is CCc1ccc(C(C)(C)CNC(=O)OC)cc1. The van der Waals surface area contributed by atoms with Crippen LogP contribution in [0.5, 0.6) is 0 Å². The molecule has 1 aromatic carbocycles. The van der Waals surface area contributed by atoms with Crippen LogP contribution in [-0.2, 0) is 16.6 Å². The van der Waals surface area contributed by atoms with Crippen LogP contribution in [0.1, 0.15) is 31.9 Å². The number of carbonyl (C=O) groups is 1. The van der Waals surface area contributed by atoms with Crippen molar-refractivity contribution in [2.24, 2.45) is 0 Å². The second-order valence-corrected chi connectivity index (χ2v) is 4.78. The largest absolute Gasteiger partial charge is 0.453 e. The first kappa shape index (κ1) is 13.6. The zero-order chi connectivity index (χ0) is 12.9. The van der Waals surface area contributed by atoms with Crippen LogP contribution in [0.3, 0.4) is 0 Å². The fourth-order valence-corrected chi connectivity index (χ4v) is 1.66. The van der Waals surface area contributed by atoms with Gasteiger partial charge in [-0.25, -0.2) is 4.79 Å². The standard InChI is InChI=1S/C14H21NO2/c1-5-11-6-8-12(9-7-11)14(2,3)10-15-13(16)17-4/h6-9H,5,10H2,1-4H3,(H,15,16). The number of methoxy groups -OCH3 is 1. The highest BCUT2D eigenvalue weighted by molar-refractivity contribution is 5.67. The highest BCUT2D eigenvalue weighted by atomic mass is 16.5. The van der Waals surface area contributed by atoms with Crippen molar-refractivity contribution in [3.05, 3.63) is 35.4 Å². The maximum Gasteiger partial charge on any atom is 0.406 e. The van der Waals surface area contributed by atoms with Gasteiger partial charge < -0.3 is 10.1 Å². The van der Waals surface area contributed by atoms with Gasteiger partial charge in [-0.3, -0.25) is 0 Å². The molecule has 0 atom stereocenters. The van der Waals surface area contributed by atoms with E-state index in [1.165, 1.54) is 18.2 Å². The molecule has 0 aliphatic rings. The molecule has 0 aliphatic carbocycles. The van der Waals surface area contributed by atoms with Crippen LogP contribution in [0.25, 0.3) is 0 Å². The second-order valence-electron chi connectivity index (χ2n) is 4.78. The van der Waals surface area contributed by atoms with E-state index in [2.05, 4.69) is 55.1 Å². The molecule has 94 valence electrons. The van der Waals surface area contributed by atoms with E-state index < -0.39 is 0 Å². The van der Waals surface area contributed by atoms with Crippen LogP contribution in [-0.4, -0.2) is 19.7 Å². The molecule has 3 nitrogen and oxygen atoms in total. The lowest BCUT2D eigenvalue weighted by molar-refractivity contribution is 0.168. The molecule has 0 spiro atoms. The summed E-state index contributed by atoms with van der Waals surface area (Å²) in [5.74, 6) is 0. The van der Waals surface area contributed by atoms with E-state index in [-0.39, 0.29) is 11.5 Å². The van der Waals surface area contributed by atoms with E-state index in [9.17, 15) is 4.79 Å². The number of hydrogen-bond acceptors (Lipinski definition) is 2. The molecule has 0 radical (unpaired) electrons. The van der Waals surface area contributed by atoms with Gasteiger partial charge in [0.1, 0.15) is 0 Å². The third kappa shape index (κ3) is 3.77. The molecule has 1 amide bonds. The Morgan fingerprint density at radius 2 is 1.88 bits per heavy atom. The van der Waals surface area contributed by atoms with E-state index in [1.807, 2.05) is 0 Å². The predicted molar refractivity (Wildman–Crippen MR) is 69.3 cm³/mol. The average Bonchev–Trinajstić information content (AvgIpc) is 2.36. The third-order valence-electron chi connectivity index (χ3n) is 3.00. The van der Waals surface area contributed by atoms with Crippen LogP contribution in [0.2, 0.25) is 0 Å². The number of nitrogens with one attached hydrogen (secondary N) is 1. The second kappa shape index (κ2) is 5.71. The van der Waals surface area contributed by atoms with E-state index in [0.717, 1.165) is 6.42 Å². The summed E-state index contributed by atoms with van der Waals surface area (Å²) in [4.78, 5) is 11.1. The lowest BCUT2D eigenvalue weighted by Crippen LogP contribution is -2.36. The number of alkyl carbamates (subject to hydrolysis) is 1. The topological polar surface area (TPSA) is 38.3 Å². The Hall–Kier alpha value is -1.51. The van der Waals surface area contributed by atoms with Gasteiger partial charge in [-0.1, -0.05) is 45.0 Å². The Kier molecular flexibility index (Phi) is 4.55. The van der Waals surface area contributed by atoms with Crippen molar-refractivity contribution in [2.45, 2.75) is 32.6 Å². The molecule has 0 bridgehead atoms. The van der Waals surface area contributed by atoms with Crippen molar-refractivity contribution >= 4 is 6.09 Å². The molecule has 1 N–H and O–H groups in total. The Balaban J connectivity index is 2.70. The zero-order valence-corrected chi connectivity index (χ0v) is 11.0. The van der Waals surface area contributed by atoms with Gasteiger partial charge in [0.05, 0.1) is 7.11 Å². The number of hydrogen-bond donors (Lipinski definition) is 1. The number of ether oxygens (including phenoxy) is 1. The van der Waals surface area contributed by atoms with E-state index in [0.29, 0.717) is 6.54 Å². The maximum atomic E-state index is 11.1. The summed E-state index contributed by atoms with van der Waals surface area (Å²) in [6.07, 6.45) is 0.657. The Labute approximate surface area is 103 Å². The minimum atomic E-state index is -0.386. The molecule has 0 saturated heterocycles. The van der Waals surface area contributed by atoms with Gasteiger partial charge in [-0.2, -0.15) is 0 Å². The lowest BCUT2D eigenvalue weighted by Gasteiger charge is -2.25. The zero-order valence-electron chi connectivity index (χ0n) is 11.0. The van der Waals surface area contributed by atoms with Crippen LogP contribution in [0.4, 0.5) is 4.79 Å².